The molecule has 0 aromatic heterocycles. The van der Waals surface area contributed by atoms with E-state index in [-0.39, 0.29) is 48.0 Å². The van der Waals surface area contributed by atoms with E-state index in [1.165, 1.54) is 11.1 Å². The van der Waals surface area contributed by atoms with E-state index in [4.69, 9.17) is 0 Å². The second-order valence-corrected chi connectivity index (χ2v) is 12.1. The maximum absolute atomic E-state index is 13.5. The molecular formula is C30H37N3O4. The van der Waals surface area contributed by atoms with E-state index >= 15 is 0 Å². The first-order valence-electron chi connectivity index (χ1n) is 13.6. The fourth-order valence-electron chi connectivity index (χ4n) is 7.11. The molecule has 6 rings (SSSR count). The molecule has 0 aliphatic carbocycles. The van der Waals surface area contributed by atoms with Gasteiger partial charge in [-0.25, -0.2) is 0 Å². The van der Waals surface area contributed by atoms with Crippen LogP contribution >= 0.6 is 0 Å². The normalized spacial score (nSPS) is 29.0. The topological polar surface area (TPSA) is 93.1 Å². The zero-order valence-corrected chi connectivity index (χ0v) is 21.7. The Hall–Kier alpha value is -2.74. The van der Waals surface area contributed by atoms with Gasteiger partial charge in [-0.15, -0.1) is 0 Å². The quantitative estimate of drug-likeness (QED) is 0.597. The number of carbonyl (C=O) groups is 2. The van der Waals surface area contributed by atoms with Gasteiger partial charge in [-0.2, -0.15) is 0 Å². The summed E-state index contributed by atoms with van der Waals surface area (Å²) in [5.41, 5.74) is 4.26. The minimum Gasteiger partial charge on any atom is -0.393 e. The summed E-state index contributed by atoms with van der Waals surface area (Å²) in [6.07, 6.45) is 2.93. The Kier molecular flexibility index (Phi) is 6.13. The number of amides is 2. The molecule has 2 saturated heterocycles. The summed E-state index contributed by atoms with van der Waals surface area (Å²) < 4.78 is 0. The van der Waals surface area contributed by atoms with E-state index < -0.39 is 6.10 Å². The van der Waals surface area contributed by atoms with Crippen molar-refractivity contribution in [2.24, 2.45) is 0 Å². The molecule has 2 aromatic carbocycles. The lowest BCUT2D eigenvalue weighted by molar-refractivity contribution is 0.0286. The Balaban J connectivity index is 1.19. The van der Waals surface area contributed by atoms with Gasteiger partial charge in [-0.3, -0.25) is 9.59 Å². The maximum Gasteiger partial charge on any atom is 0.254 e. The minimum atomic E-state index is -0.680. The van der Waals surface area contributed by atoms with Crippen molar-refractivity contribution < 1.29 is 19.8 Å². The smallest absolute Gasteiger partial charge is 0.254 e. The molecule has 196 valence electrons. The highest BCUT2D eigenvalue weighted by atomic mass is 16.3. The average Bonchev–Trinajstić information content (AvgIpc) is 3.16. The van der Waals surface area contributed by atoms with Gasteiger partial charge in [0.25, 0.3) is 11.8 Å². The van der Waals surface area contributed by atoms with Gasteiger partial charge < -0.3 is 25.3 Å². The van der Waals surface area contributed by atoms with E-state index in [1.54, 1.807) is 17.0 Å². The highest BCUT2D eigenvalue weighted by Gasteiger charge is 2.44. The second-order valence-electron chi connectivity index (χ2n) is 12.1. The average molecular weight is 504 g/mol. The Morgan fingerprint density at radius 2 is 1.81 bits per heavy atom. The van der Waals surface area contributed by atoms with Crippen molar-refractivity contribution in [3.63, 3.8) is 0 Å². The summed E-state index contributed by atoms with van der Waals surface area (Å²) in [6, 6.07) is 13.9. The van der Waals surface area contributed by atoms with Gasteiger partial charge in [0, 0.05) is 54.3 Å². The zero-order valence-electron chi connectivity index (χ0n) is 21.7. The van der Waals surface area contributed by atoms with Crippen LogP contribution in [0.25, 0.3) is 0 Å². The van der Waals surface area contributed by atoms with Gasteiger partial charge in [0.15, 0.2) is 0 Å². The Labute approximate surface area is 218 Å². The van der Waals surface area contributed by atoms with Crippen LogP contribution in [-0.2, 0) is 18.4 Å². The predicted molar refractivity (Wildman–Crippen MR) is 140 cm³/mol. The van der Waals surface area contributed by atoms with Gasteiger partial charge in [0.2, 0.25) is 0 Å². The van der Waals surface area contributed by atoms with Crippen LogP contribution in [0.3, 0.4) is 0 Å². The first-order chi connectivity index (χ1) is 17.7. The highest BCUT2D eigenvalue weighted by Crippen LogP contribution is 2.39. The molecule has 7 heteroatoms. The Morgan fingerprint density at radius 3 is 2.54 bits per heavy atom. The fraction of sp³-hybridized carbons (Fsp3) is 0.533. The summed E-state index contributed by atoms with van der Waals surface area (Å²) >= 11 is 0. The van der Waals surface area contributed by atoms with Gasteiger partial charge in [-0.1, -0.05) is 38.1 Å². The van der Waals surface area contributed by atoms with E-state index in [1.807, 2.05) is 23.1 Å². The molecule has 0 spiro atoms. The summed E-state index contributed by atoms with van der Waals surface area (Å²) in [4.78, 5) is 30.8. The number of fused-ring (bicyclic) bond motifs is 4. The summed E-state index contributed by atoms with van der Waals surface area (Å²) in [5, 5.41) is 24.7. The molecule has 4 heterocycles. The number of aliphatic hydroxyl groups excluding tert-OH is 2. The van der Waals surface area contributed by atoms with Crippen molar-refractivity contribution in [3.8, 4) is 0 Å². The monoisotopic (exact) mass is 503 g/mol. The number of hydrogen-bond acceptors (Lipinski definition) is 5. The highest BCUT2D eigenvalue weighted by molar-refractivity contribution is 6.00. The fourth-order valence-corrected chi connectivity index (χ4v) is 7.11. The Morgan fingerprint density at radius 1 is 1.11 bits per heavy atom. The first-order valence-corrected chi connectivity index (χ1v) is 13.6. The Bertz CT molecular complexity index is 1210. The number of aliphatic hydroxyl groups is 2. The molecule has 4 aliphatic heterocycles. The largest absolute Gasteiger partial charge is 0.393 e. The van der Waals surface area contributed by atoms with E-state index in [2.05, 4.69) is 31.3 Å². The number of β-amino-alcohol motifs (C(OH)–C–C–N with tert-alkyl or cyclic N) is 1. The molecule has 2 bridgehead atoms. The van der Waals surface area contributed by atoms with Crippen molar-refractivity contribution in [2.75, 3.05) is 13.1 Å². The van der Waals surface area contributed by atoms with Crippen LogP contribution in [0, 0.1) is 0 Å². The van der Waals surface area contributed by atoms with Crippen LogP contribution in [0.5, 0.6) is 0 Å². The van der Waals surface area contributed by atoms with Crippen molar-refractivity contribution in [1.82, 2.24) is 15.1 Å². The standard InChI is InChI=1S/C30H37N3O4/c1-30(2)17-32(16-27(35)26-12-18-5-3-4-6-20(18)15-31-26)29(37)24-10-7-19(11-25(24)30)28(36)33-21-8-9-22(33)14-23(34)13-21/h3-7,10-11,21-23,26-27,31,34-35H,8-9,12-17H2,1-2H3/t21-,22+,23+,26-,27+/m0/s1. The predicted octanol–water partition coefficient (Wildman–Crippen LogP) is 2.62. The number of nitrogens with zero attached hydrogens (tertiary/aromatic N) is 2. The molecule has 3 N–H and O–H groups in total. The number of hydrogen-bond donors (Lipinski definition) is 3. The molecule has 2 amide bonds. The third kappa shape index (κ3) is 4.37. The number of benzene rings is 2. The molecule has 5 atom stereocenters. The lowest BCUT2D eigenvalue weighted by Gasteiger charge is -2.42. The molecule has 0 unspecified atom stereocenters. The molecular weight excluding hydrogens is 466 g/mol. The molecule has 2 aromatic rings. The van der Waals surface area contributed by atoms with E-state index in [0.29, 0.717) is 37.1 Å². The summed E-state index contributed by atoms with van der Waals surface area (Å²) in [5.74, 6) is -0.0864. The SMILES string of the molecule is CC1(C)CN(C[C@@H](O)[C@@H]2Cc3ccccc3CN2)C(=O)c2ccc(C(=O)N3[C@@H]4CC[C@H]3C[C@@H](O)C4)cc21. The number of piperidine rings is 1. The molecule has 0 saturated carbocycles. The number of rotatable bonds is 4. The van der Waals surface area contributed by atoms with Crippen LogP contribution in [-0.4, -0.2) is 75.3 Å². The zero-order chi connectivity index (χ0) is 25.9. The van der Waals surface area contributed by atoms with Gasteiger partial charge >= 0.3 is 0 Å². The molecule has 4 aliphatic rings. The van der Waals surface area contributed by atoms with Crippen molar-refractivity contribution in [3.05, 3.63) is 70.3 Å². The third-order valence-electron chi connectivity index (χ3n) is 9.03. The van der Waals surface area contributed by atoms with Crippen molar-refractivity contribution >= 4 is 11.8 Å². The first kappa shape index (κ1) is 24.6. The van der Waals surface area contributed by atoms with Gasteiger partial charge in [0.1, 0.15) is 0 Å². The number of carbonyl (C=O) groups excluding carboxylic acids is 2. The van der Waals surface area contributed by atoms with Crippen LogP contribution in [0.1, 0.15) is 76.9 Å². The van der Waals surface area contributed by atoms with Crippen molar-refractivity contribution in [2.45, 2.75) is 88.2 Å². The lowest BCUT2D eigenvalue weighted by Crippen LogP contribution is -2.54. The van der Waals surface area contributed by atoms with E-state index in [0.717, 1.165) is 24.8 Å². The molecule has 0 radical (unpaired) electrons. The lowest BCUT2D eigenvalue weighted by atomic mass is 9.77. The maximum atomic E-state index is 13.5. The number of nitrogens with one attached hydrogen (secondary N) is 1. The van der Waals surface area contributed by atoms with Gasteiger partial charge in [-0.05, 0) is 67.0 Å². The molecule has 7 nitrogen and oxygen atoms in total. The second kappa shape index (κ2) is 9.22. The van der Waals surface area contributed by atoms with Crippen LogP contribution in [0.4, 0.5) is 0 Å². The minimum absolute atomic E-state index is 0.00644. The van der Waals surface area contributed by atoms with E-state index in [9.17, 15) is 19.8 Å². The molecule has 2 fully saturated rings. The third-order valence-corrected chi connectivity index (χ3v) is 9.03. The van der Waals surface area contributed by atoms with Crippen molar-refractivity contribution in [1.29, 1.82) is 0 Å². The molecule has 37 heavy (non-hydrogen) atoms. The summed E-state index contributed by atoms with van der Waals surface area (Å²) in [6.45, 7) is 5.66. The van der Waals surface area contributed by atoms with Crippen LogP contribution < -0.4 is 5.32 Å². The van der Waals surface area contributed by atoms with Crippen LogP contribution in [0.2, 0.25) is 0 Å². The summed E-state index contributed by atoms with van der Waals surface area (Å²) in [7, 11) is 0. The van der Waals surface area contributed by atoms with Gasteiger partial charge in [0.05, 0.1) is 12.2 Å². The van der Waals surface area contributed by atoms with Crippen LogP contribution in [0.15, 0.2) is 42.5 Å².